The molecular weight excluding hydrogens is 307 g/mol. The molecular formula is C16H16Cl2N2O. The molecule has 0 bridgehead atoms. The Bertz CT molecular complexity index is 614. The van der Waals surface area contributed by atoms with Gasteiger partial charge in [0.15, 0.2) is 0 Å². The van der Waals surface area contributed by atoms with Crippen molar-refractivity contribution in [1.82, 2.24) is 5.32 Å². The molecule has 0 saturated heterocycles. The van der Waals surface area contributed by atoms with Crippen molar-refractivity contribution in [1.29, 1.82) is 0 Å². The second-order valence-corrected chi connectivity index (χ2v) is 5.43. The first-order chi connectivity index (χ1) is 10.1. The van der Waals surface area contributed by atoms with Gasteiger partial charge < -0.3 is 10.6 Å². The number of para-hydroxylation sites is 1. The maximum Gasteiger partial charge on any atom is 0.319 e. The molecule has 2 aromatic carbocycles. The van der Waals surface area contributed by atoms with Crippen molar-refractivity contribution in [3.05, 3.63) is 64.1 Å². The van der Waals surface area contributed by atoms with Crippen LogP contribution in [-0.2, 0) is 0 Å². The largest absolute Gasteiger partial charge is 0.331 e. The summed E-state index contributed by atoms with van der Waals surface area (Å²) >= 11 is 11.9. The summed E-state index contributed by atoms with van der Waals surface area (Å²) in [4.78, 5) is 12.1. The van der Waals surface area contributed by atoms with Crippen molar-refractivity contribution in [3.63, 3.8) is 0 Å². The van der Waals surface area contributed by atoms with E-state index in [1.807, 2.05) is 43.3 Å². The van der Waals surface area contributed by atoms with E-state index in [1.165, 1.54) is 0 Å². The molecule has 0 radical (unpaired) electrons. The van der Waals surface area contributed by atoms with Crippen molar-refractivity contribution in [3.8, 4) is 0 Å². The van der Waals surface area contributed by atoms with E-state index in [1.54, 1.807) is 12.1 Å². The quantitative estimate of drug-likeness (QED) is 0.791. The summed E-state index contributed by atoms with van der Waals surface area (Å²) in [6, 6.07) is 14.2. The molecule has 0 aromatic heterocycles. The zero-order valence-corrected chi connectivity index (χ0v) is 13.1. The molecule has 5 heteroatoms. The molecule has 0 saturated carbocycles. The molecule has 1 atom stereocenters. The van der Waals surface area contributed by atoms with E-state index < -0.39 is 0 Å². The molecule has 0 fully saturated rings. The van der Waals surface area contributed by atoms with Crippen molar-refractivity contribution in [2.24, 2.45) is 0 Å². The van der Waals surface area contributed by atoms with Gasteiger partial charge in [-0.1, -0.05) is 54.4 Å². The summed E-state index contributed by atoms with van der Waals surface area (Å²) < 4.78 is 0. The monoisotopic (exact) mass is 322 g/mol. The van der Waals surface area contributed by atoms with Gasteiger partial charge in [-0.05, 0) is 36.2 Å². The smallest absolute Gasteiger partial charge is 0.319 e. The molecule has 0 aliphatic carbocycles. The maximum absolute atomic E-state index is 12.1. The fraction of sp³-hybridized carbons (Fsp3) is 0.188. The highest BCUT2D eigenvalue weighted by Gasteiger charge is 2.13. The minimum atomic E-state index is -0.287. The summed E-state index contributed by atoms with van der Waals surface area (Å²) in [7, 11) is 0. The number of halogens is 2. The Kier molecular flexibility index (Phi) is 5.48. The topological polar surface area (TPSA) is 41.1 Å². The van der Waals surface area contributed by atoms with E-state index in [4.69, 9.17) is 23.2 Å². The first-order valence-corrected chi connectivity index (χ1v) is 7.43. The van der Waals surface area contributed by atoms with Gasteiger partial charge >= 0.3 is 6.03 Å². The maximum atomic E-state index is 12.1. The standard InChI is InChI=1S/C16H16Cl2N2O/c1-2-14(11-7-9-12(17)10-8-11)19-16(21)20-15-6-4-3-5-13(15)18/h3-10,14H,2H2,1H3,(H2,19,20,21)/t14-/m0/s1. The number of carbonyl (C=O) groups excluding carboxylic acids is 1. The minimum absolute atomic E-state index is 0.0789. The lowest BCUT2D eigenvalue weighted by molar-refractivity contribution is 0.248. The number of anilines is 1. The number of hydrogen-bond acceptors (Lipinski definition) is 1. The number of rotatable bonds is 4. The molecule has 3 nitrogen and oxygen atoms in total. The van der Waals surface area contributed by atoms with Crippen LogP contribution in [0.3, 0.4) is 0 Å². The highest BCUT2D eigenvalue weighted by molar-refractivity contribution is 6.33. The predicted octanol–water partition coefficient (Wildman–Crippen LogP) is 5.27. The number of benzene rings is 2. The van der Waals surface area contributed by atoms with Crippen LogP contribution in [-0.4, -0.2) is 6.03 Å². The van der Waals surface area contributed by atoms with Gasteiger partial charge in [0.2, 0.25) is 0 Å². The van der Waals surface area contributed by atoms with Crippen molar-refractivity contribution in [2.45, 2.75) is 19.4 Å². The average Bonchev–Trinajstić information content (AvgIpc) is 2.48. The fourth-order valence-corrected chi connectivity index (χ4v) is 2.30. The Labute approximate surface area is 134 Å². The predicted molar refractivity (Wildman–Crippen MR) is 88.1 cm³/mol. The second-order valence-electron chi connectivity index (χ2n) is 4.59. The molecule has 0 spiro atoms. The normalized spacial score (nSPS) is 11.8. The van der Waals surface area contributed by atoms with Crippen LogP contribution in [0.15, 0.2) is 48.5 Å². The van der Waals surface area contributed by atoms with Gasteiger partial charge in [-0.25, -0.2) is 4.79 Å². The number of nitrogens with one attached hydrogen (secondary N) is 2. The average molecular weight is 323 g/mol. The van der Waals surface area contributed by atoms with Gasteiger partial charge in [-0.15, -0.1) is 0 Å². The lowest BCUT2D eigenvalue weighted by Gasteiger charge is -2.18. The van der Waals surface area contributed by atoms with Gasteiger partial charge in [0.05, 0.1) is 16.8 Å². The Morgan fingerprint density at radius 2 is 1.76 bits per heavy atom. The van der Waals surface area contributed by atoms with Crippen LogP contribution < -0.4 is 10.6 Å². The van der Waals surface area contributed by atoms with E-state index in [9.17, 15) is 4.79 Å². The van der Waals surface area contributed by atoms with Gasteiger partial charge in [0.25, 0.3) is 0 Å². The van der Waals surface area contributed by atoms with E-state index in [-0.39, 0.29) is 12.1 Å². The minimum Gasteiger partial charge on any atom is -0.331 e. The SMILES string of the molecule is CC[C@H](NC(=O)Nc1ccccc1Cl)c1ccc(Cl)cc1. The van der Waals surface area contributed by atoms with E-state index in [0.717, 1.165) is 12.0 Å². The van der Waals surface area contributed by atoms with Gasteiger partial charge in [-0.3, -0.25) is 0 Å². The van der Waals surface area contributed by atoms with Crippen LogP contribution in [0.1, 0.15) is 24.9 Å². The number of hydrogen-bond donors (Lipinski definition) is 2. The summed E-state index contributed by atoms with van der Waals surface area (Å²) in [5.74, 6) is 0. The first kappa shape index (κ1) is 15.7. The number of urea groups is 1. The molecule has 0 aliphatic heterocycles. The Hall–Kier alpha value is -1.71. The van der Waals surface area contributed by atoms with Crippen LogP contribution >= 0.6 is 23.2 Å². The lowest BCUT2D eigenvalue weighted by Crippen LogP contribution is -2.32. The van der Waals surface area contributed by atoms with Crippen LogP contribution in [0.2, 0.25) is 10.0 Å². The molecule has 2 aromatic rings. The summed E-state index contributed by atoms with van der Waals surface area (Å²) in [6.07, 6.45) is 0.775. The fourth-order valence-electron chi connectivity index (χ4n) is 2.00. The Balaban J connectivity index is 2.03. The zero-order valence-electron chi connectivity index (χ0n) is 11.6. The third kappa shape index (κ3) is 4.38. The lowest BCUT2D eigenvalue weighted by atomic mass is 10.1. The van der Waals surface area contributed by atoms with Crippen molar-refractivity contribution in [2.75, 3.05) is 5.32 Å². The molecule has 2 rings (SSSR count). The summed E-state index contributed by atoms with van der Waals surface area (Å²) in [5.41, 5.74) is 1.60. The highest BCUT2D eigenvalue weighted by atomic mass is 35.5. The van der Waals surface area contributed by atoms with Crippen LogP contribution in [0, 0.1) is 0 Å². The molecule has 0 heterocycles. The van der Waals surface area contributed by atoms with Crippen molar-refractivity contribution < 1.29 is 4.79 Å². The van der Waals surface area contributed by atoms with Crippen LogP contribution in [0.5, 0.6) is 0 Å². The van der Waals surface area contributed by atoms with Crippen molar-refractivity contribution >= 4 is 34.9 Å². The van der Waals surface area contributed by atoms with Crippen LogP contribution in [0.25, 0.3) is 0 Å². The first-order valence-electron chi connectivity index (χ1n) is 6.67. The van der Waals surface area contributed by atoms with E-state index in [2.05, 4.69) is 10.6 Å². The summed E-state index contributed by atoms with van der Waals surface area (Å²) in [6.45, 7) is 2.01. The van der Waals surface area contributed by atoms with Gasteiger partial charge in [-0.2, -0.15) is 0 Å². The molecule has 0 unspecified atom stereocenters. The third-order valence-electron chi connectivity index (χ3n) is 3.11. The Morgan fingerprint density at radius 3 is 2.38 bits per heavy atom. The number of amides is 2. The zero-order chi connectivity index (χ0) is 15.2. The van der Waals surface area contributed by atoms with E-state index in [0.29, 0.717) is 15.7 Å². The molecule has 0 aliphatic rings. The molecule has 21 heavy (non-hydrogen) atoms. The molecule has 2 N–H and O–H groups in total. The van der Waals surface area contributed by atoms with Gasteiger partial charge in [0, 0.05) is 5.02 Å². The second kappa shape index (κ2) is 7.34. The number of carbonyl (C=O) groups is 1. The molecule has 110 valence electrons. The molecule has 2 amide bonds. The Morgan fingerprint density at radius 1 is 1.10 bits per heavy atom. The third-order valence-corrected chi connectivity index (χ3v) is 3.69. The summed E-state index contributed by atoms with van der Waals surface area (Å²) in [5, 5.41) is 6.86. The van der Waals surface area contributed by atoms with E-state index >= 15 is 0 Å². The van der Waals surface area contributed by atoms with Crippen LogP contribution in [0.4, 0.5) is 10.5 Å². The highest BCUT2D eigenvalue weighted by Crippen LogP contribution is 2.22. The van der Waals surface area contributed by atoms with Gasteiger partial charge in [0.1, 0.15) is 0 Å².